The quantitative estimate of drug-likeness (QED) is 0.427. The molecule has 0 fully saturated rings. The summed E-state index contributed by atoms with van der Waals surface area (Å²) in [6.07, 6.45) is 0. The zero-order valence-electron chi connectivity index (χ0n) is 16.4. The van der Waals surface area contributed by atoms with Gasteiger partial charge in [0.2, 0.25) is 0 Å². The predicted molar refractivity (Wildman–Crippen MR) is 115 cm³/mol. The van der Waals surface area contributed by atoms with Crippen LogP contribution in [0, 0.1) is 27.7 Å². The van der Waals surface area contributed by atoms with Crippen molar-refractivity contribution in [1.29, 1.82) is 0 Å². The molecule has 0 unspecified atom stereocenters. The van der Waals surface area contributed by atoms with Crippen LogP contribution in [-0.2, 0) is 0 Å². The van der Waals surface area contributed by atoms with Gasteiger partial charge in [-0.05, 0) is 75.2 Å². The van der Waals surface area contributed by atoms with E-state index in [0.29, 0.717) is 11.4 Å². The largest absolute Gasteiger partial charge is 0.503 e. The summed E-state index contributed by atoms with van der Waals surface area (Å²) in [7, 11) is 0. The Morgan fingerprint density at radius 1 is 0.607 bits per heavy atom. The molecule has 0 radical (unpaired) electrons. The van der Waals surface area contributed by atoms with E-state index in [2.05, 4.69) is 22.1 Å². The minimum absolute atomic E-state index is 0.274. The fraction of sp³-hybridized carbons (Fsp3) is 0.167. The number of fused-ring (bicyclic) bond motifs is 2. The minimum atomic E-state index is -0.274. The van der Waals surface area contributed by atoms with Gasteiger partial charge in [-0.1, -0.05) is 23.3 Å². The van der Waals surface area contributed by atoms with Crippen LogP contribution in [0.3, 0.4) is 0 Å². The van der Waals surface area contributed by atoms with Crippen molar-refractivity contribution in [3.05, 3.63) is 82.2 Å². The molecule has 2 aromatic carbocycles. The smallest absolute Gasteiger partial charge is 0.186 e. The van der Waals surface area contributed by atoms with Gasteiger partial charge in [-0.2, -0.15) is 0 Å². The highest BCUT2D eigenvalue weighted by Gasteiger charge is 2.15. The van der Waals surface area contributed by atoms with Crippen LogP contribution >= 0.6 is 0 Å². The monoisotopic (exact) mass is 370 g/mol. The van der Waals surface area contributed by atoms with Crippen molar-refractivity contribution in [1.82, 2.24) is 9.97 Å². The predicted octanol–water partition coefficient (Wildman–Crippen LogP) is 5.96. The summed E-state index contributed by atoms with van der Waals surface area (Å²) in [4.78, 5) is 9.05. The van der Waals surface area contributed by atoms with Gasteiger partial charge >= 0.3 is 0 Å². The van der Waals surface area contributed by atoms with E-state index in [4.69, 9.17) is 0 Å². The van der Waals surface area contributed by atoms with E-state index in [1.165, 1.54) is 0 Å². The molecule has 0 aliphatic heterocycles. The zero-order valence-corrected chi connectivity index (χ0v) is 16.4. The van der Waals surface area contributed by atoms with E-state index in [1.807, 2.05) is 52.0 Å². The van der Waals surface area contributed by atoms with Gasteiger partial charge in [0, 0.05) is 10.8 Å². The molecular formula is C24H22N2O2. The third-order valence-electron chi connectivity index (χ3n) is 5.05. The van der Waals surface area contributed by atoms with Crippen LogP contribution in [-0.4, -0.2) is 20.2 Å². The van der Waals surface area contributed by atoms with Gasteiger partial charge in [0.1, 0.15) is 11.4 Å². The van der Waals surface area contributed by atoms with Crippen molar-refractivity contribution < 1.29 is 10.2 Å². The lowest BCUT2D eigenvalue weighted by molar-refractivity contribution is 0.456. The first-order valence-corrected chi connectivity index (χ1v) is 9.22. The molecule has 4 nitrogen and oxygen atoms in total. The highest BCUT2D eigenvalue weighted by atomic mass is 16.3. The Morgan fingerprint density at radius 3 is 1.39 bits per heavy atom. The molecule has 0 aliphatic rings. The van der Waals surface area contributed by atoms with Crippen LogP contribution in [0.4, 0.5) is 0 Å². The summed E-state index contributed by atoms with van der Waals surface area (Å²) < 4.78 is 0. The molecule has 4 heteroatoms. The number of rotatable bonds is 2. The van der Waals surface area contributed by atoms with Gasteiger partial charge in [-0.15, -0.1) is 0 Å². The van der Waals surface area contributed by atoms with Crippen molar-refractivity contribution >= 4 is 33.3 Å². The Hall–Kier alpha value is -3.40. The number of pyridine rings is 2. The Bertz CT molecular complexity index is 1170. The Kier molecular flexibility index (Phi) is 4.27. The van der Waals surface area contributed by atoms with Crippen molar-refractivity contribution in [2.75, 3.05) is 0 Å². The zero-order chi connectivity index (χ0) is 20.0. The van der Waals surface area contributed by atoms with Crippen molar-refractivity contribution in [2.24, 2.45) is 0 Å². The third kappa shape index (κ3) is 3.07. The van der Waals surface area contributed by atoms with Crippen molar-refractivity contribution in [3.63, 3.8) is 0 Å². The molecule has 2 N–H and O–H groups in total. The first kappa shape index (κ1) is 18.0. The fourth-order valence-electron chi connectivity index (χ4n) is 3.50. The summed E-state index contributed by atoms with van der Waals surface area (Å²) in [5.74, 6) is -0.548. The van der Waals surface area contributed by atoms with Crippen molar-refractivity contribution in [3.8, 4) is 0 Å². The van der Waals surface area contributed by atoms with E-state index in [0.717, 1.165) is 44.1 Å². The summed E-state index contributed by atoms with van der Waals surface area (Å²) >= 11 is 0. The van der Waals surface area contributed by atoms with Crippen LogP contribution in [0.25, 0.3) is 33.3 Å². The number of benzene rings is 2. The highest BCUT2D eigenvalue weighted by molar-refractivity contribution is 5.89. The third-order valence-corrected chi connectivity index (χ3v) is 5.05. The lowest BCUT2D eigenvalue weighted by atomic mass is 10.0. The maximum atomic E-state index is 10.7. The van der Waals surface area contributed by atoms with Gasteiger partial charge in [-0.25, -0.2) is 9.97 Å². The summed E-state index contributed by atoms with van der Waals surface area (Å²) in [5.41, 5.74) is 6.49. The lowest BCUT2D eigenvalue weighted by Crippen LogP contribution is -1.99. The number of aromatic nitrogens is 2. The number of hydrogen-bond acceptors (Lipinski definition) is 4. The highest BCUT2D eigenvalue weighted by Crippen LogP contribution is 2.27. The SMILES string of the molecule is Cc1ccc2nc(/C(O)=C(\O)c3cc(C)c4cc(C)ccc4n3)cc(C)c2c1. The molecular weight excluding hydrogens is 348 g/mol. The molecule has 0 saturated carbocycles. The van der Waals surface area contributed by atoms with Crippen LogP contribution in [0.2, 0.25) is 0 Å². The second-order valence-electron chi connectivity index (χ2n) is 7.39. The normalized spacial score (nSPS) is 12.4. The molecule has 0 saturated heterocycles. The molecule has 4 aromatic rings. The van der Waals surface area contributed by atoms with Crippen LogP contribution < -0.4 is 0 Å². The van der Waals surface area contributed by atoms with Crippen LogP contribution in [0.5, 0.6) is 0 Å². The first-order chi connectivity index (χ1) is 13.3. The van der Waals surface area contributed by atoms with E-state index in [-0.39, 0.29) is 11.5 Å². The van der Waals surface area contributed by atoms with Gasteiger partial charge in [0.05, 0.1) is 11.0 Å². The molecule has 28 heavy (non-hydrogen) atoms. The average Bonchev–Trinajstić information content (AvgIpc) is 2.67. The van der Waals surface area contributed by atoms with Crippen molar-refractivity contribution in [2.45, 2.75) is 27.7 Å². The molecule has 0 bridgehead atoms. The lowest BCUT2D eigenvalue weighted by Gasteiger charge is -2.10. The molecule has 0 spiro atoms. The second kappa shape index (κ2) is 6.64. The standard InChI is InChI=1S/C24H22N2O2/c1-13-5-7-19-17(9-13)15(3)11-21(25-19)23(27)24(28)22-12-16(4)18-10-14(2)6-8-20(18)26-22/h5-12,27-28H,1-4H3/b24-23+. The van der Waals surface area contributed by atoms with E-state index >= 15 is 0 Å². The molecule has 2 heterocycles. The summed E-state index contributed by atoms with van der Waals surface area (Å²) in [6.45, 7) is 8.01. The molecule has 2 aromatic heterocycles. The maximum absolute atomic E-state index is 10.7. The summed E-state index contributed by atoms with van der Waals surface area (Å²) in [6, 6.07) is 15.5. The minimum Gasteiger partial charge on any atom is -0.503 e. The van der Waals surface area contributed by atoms with E-state index in [9.17, 15) is 10.2 Å². The van der Waals surface area contributed by atoms with Gasteiger partial charge in [-0.3, -0.25) is 0 Å². The average molecular weight is 370 g/mol. The number of nitrogens with zero attached hydrogens (tertiary/aromatic N) is 2. The first-order valence-electron chi connectivity index (χ1n) is 9.22. The topological polar surface area (TPSA) is 66.2 Å². The Labute approximate surface area is 163 Å². The Balaban J connectivity index is 1.87. The molecule has 140 valence electrons. The number of aliphatic hydroxyl groups excluding tert-OH is 2. The van der Waals surface area contributed by atoms with Crippen LogP contribution in [0.15, 0.2) is 48.5 Å². The second-order valence-corrected chi connectivity index (χ2v) is 7.39. The van der Waals surface area contributed by atoms with E-state index < -0.39 is 0 Å². The van der Waals surface area contributed by atoms with Gasteiger partial charge < -0.3 is 10.2 Å². The van der Waals surface area contributed by atoms with Gasteiger partial charge in [0.25, 0.3) is 0 Å². The number of hydrogen-bond donors (Lipinski definition) is 2. The van der Waals surface area contributed by atoms with E-state index in [1.54, 1.807) is 12.1 Å². The summed E-state index contributed by atoms with van der Waals surface area (Å²) in [5, 5.41) is 23.5. The number of aliphatic hydroxyl groups is 2. The molecule has 0 amide bonds. The fourth-order valence-corrected chi connectivity index (χ4v) is 3.50. The Morgan fingerprint density at radius 2 is 1.00 bits per heavy atom. The maximum Gasteiger partial charge on any atom is 0.186 e. The number of aryl methyl sites for hydroxylation is 4. The van der Waals surface area contributed by atoms with Crippen LogP contribution in [0.1, 0.15) is 33.6 Å². The molecule has 0 aliphatic carbocycles. The van der Waals surface area contributed by atoms with Gasteiger partial charge in [0.15, 0.2) is 11.5 Å². The molecule has 4 rings (SSSR count). The molecule has 0 atom stereocenters.